The Morgan fingerprint density at radius 1 is 1.06 bits per heavy atom. The van der Waals surface area contributed by atoms with E-state index in [1.807, 2.05) is 56.9 Å². The van der Waals surface area contributed by atoms with Gasteiger partial charge in [0.2, 0.25) is 5.91 Å². The zero-order chi connectivity index (χ0) is 22.9. The maximum absolute atomic E-state index is 13.6. The first-order chi connectivity index (χ1) is 15.3. The number of hydrogen-bond acceptors (Lipinski definition) is 5. The van der Waals surface area contributed by atoms with Crippen molar-refractivity contribution < 1.29 is 14.3 Å². The molecule has 0 spiro atoms. The first-order valence-corrected chi connectivity index (χ1v) is 11.4. The van der Waals surface area contributed by atoms with Crippen LogP contribution in [-0.4, -0.2) is 64.4 Å². The summed E-state index contributed by atoms with van der Waals surface area (Å²) in [4.78, 5) is 39.4. The summed E-state index contributed by atoms with van der Waals surface area (Å²) < 4.78 is 5.34. The fraction of sp³-hybridized carbons (Fsp3) is 0.520. The second kappa shape index (κ2) is 8.98. The Morgan fingerprint density at radius 2 is 1.75 bits per heavy atom. The molecular weight excluding hydrogens is 404 g/mol. The maximum Gasteiger partial charge on any atom is 0.257 e. The van der Waals surface area contributed by atoms with Crippen LogP contribution in [0.4, 0.5) is 0 Å². The van der Waals surface area contributed by atoms with E-state index in [4.69, 9.17) is 4.74 Å². The van der Waals surface area contributed by atoms with Crippen LogP contribution in [0.5, 0.6) is 0 Å². The standard InChI is InChI=1S/C25H32N4O3/c1-17-7-9-19(10-8-17)25(3,4)24(31)29-11-5-6-21(29)22-26-16-20(18(2)27-22)23(30)28-12-14-32-15-13-28/h7-10,16,21H,5-6,11-15H2,1-4H3. The van der Waals surface area contributed by atoms with Crippen LogP contribution in [0, 0.1) is 13.8 Å². The molecule has 0 aliphatic carbocycles. The number of carbonyl (C=O) groups is 2. The largest absolute Gasteiger partial charge is 0.378 e. The van der Waals surface area contributed by atoms with Gasteiger partial charge in [0.1, 0.15) is 0 Å². The van der Waals surface area contributed by atoms with E-state index in [9.17, 15) is 9.59 Å². The SMILES string of the molecule is Cc1ccc(C(C)(C)C(=O)N2CCCC2c2ncc(C(=O)N3CCOCC3)c(C)n2)cc1. The van der Waals surface area contributed by atoms with Crippen LogP contribution < -0.4 is 0 Å². The topological polar surface area (TPSA) is 75.6 Å². The highest BCUT2D eigenvalue weighted by atomic mass is 16.5. The van der Waals surface area contributed by atoms with Gasteiger partial charge in [-0.3, -0.25) is 9.59 Å². The minimum atomic E-state index is -0.641. The van der Waals surface area contributed by atoms with Gasteiger partial charge in [-0.05, 0) is 46.1 Å². The molecule has 1 aromatic carbocycles. The number of hydrogen-bond donors (Lipinski definition) is 0. The Hall–Kier alpha value is -2.80. The third kappa shape index (κ3) is 4.26. The lowest BCUT2D eigenvalue weighted by Gasteiger charge is -2.33. The van der Waals surface area contributed by atoms with Crippen LogP contribution in [0.15, 0.2) is 30.5 Å². The Labute approximate surface area is 189 Å². The van der Waals surface area contributed by atoms with E-state index in [1.165, 1.54) is 5.56 Å². The van der Waals surface area contributed by atoms with Gasteiger partial charge in [0.25, 0.3) is 5.91 Å². The second-order valence-corrected chi connectivity index (χ2v) is 9.28. The minimum absolute atomic E-state index is 0.0581. The van der Waals surface area contributed by atoms with Gasteiger partial charge in [0, 0.05) is 25.8 Å². The predicted molar refractivity (Wildman–Crippen MR) is 121 cm³/mol. The van der Waals surface area contributed by atoms with Crippen molar-refractivity contribution in [2.45, 2.75) is 52.0 Å². The molecular formula is C25H32N4O3. The monoisotopic (exact) mass is 436 g/mol. The minimum Gasteiger partial charge on any atom is -0.378 e. The van der Waals surface area contributed by atoms with E-state index in [2.05, 4.69) is 9.97 Å². The van der Waals surface area contributed by atoms with Crippen molar-refractivity contribution in [1.29, 1.82) is 0 Å². The van der Waals surface area contributed by atoms with Crippen LogP contribution in [0.2, 0.25) is 0 Å². The summed E-state index contributed by atoms with van der Waals surface area (Å²) >= 11 is 0. The average molecular weight is 437 g/mol. The molecule has 7 nitrogen and oxygen atoms in total. The Morgan fingerprint density at radius 3 is 2.41 bits per heavy atom. The van der Waals surface area contributed by atoms with Crippen LogP contribution in [0.1, 0.15) is 65.7 Å². The number of aromatic nitrogens is 2. The van der Waals surface area contributed by atoms with Crippen LogP contribution in [0.25, 0.3) is 0 Å². The summed E-state index contributed by atoms with van der Waals surface area (Å²) in [7, 11) is 0. The zero-order valence-corrected chi connectivity index (χ0v) is 19.4. The molecule has 0 bridgehead atoms. The summed E-state index contributed by atoms with van der Waals surface area (Å²) in [5.74, 6) is 0.641. The molecule has 1 unspecified atom stereocenters. The fourth-order valence-electron chi connectivity index (χ4n) is 4.52. The number of aryl methyl sites for hydroxylation is 2. The van der Waals surface area contributed by atoms with Crippen molar-refractivity contribution in [2.24, 2.45) is 0 Å². The summed E-state index contributed by atoms with van der Waals surface area (Å²) in [6.45, 7) is 10.8. The molecule has 2 saturated heterocycles. The summed E-state index contributed by atoms with van der Waals surface area (Å²) in [6.07, 6.45) is 3.37. The van der Waals surface area contributed by atoms with E-state index in [0.717, 1.165) is 18.4 Å². The van der Waals surface area contributed by atoms with Gasteiger partial charge in [0.15, 0.2) is 5.82 Å². The highest BCUT2D eigenvalue weighted by Crippen LogP contribution is 2.35. The van der Waals surface area contributed by atoms with Gasteiger partial charge in [-0.25, -0.2) is 9.97 Å². The normalized spacial score (nSPS) is 19.3. The molecule has 0 radical (unpaired) electrons. The lowest BCUT2D eigenvalue weighted by molar-refractivity contribution is -0.137. The number of nitrogens with zero attached hydrogens (tertiary/aromatic N) is 4. The van der Waals surface area contributed by atoms with Crippen LogP contribution >= 0.6 is 0 Å². The van der Waals surface area contributed by atoms with Crippen molar-refractivity contribution in [3.63, 3.8) is 0 Å². The number of benzene rings is 1. The van der Waals surface area contributed by atoms with E-state index >= 15 is 0 Å². The first kappa shape index (κ1) is 22.4. The third-order valence-electron chi connectivity index (χ3n) is 6.65. The molecule has 2 aliphatic heterocycles. The smallest absolute Gasteiger partial charge is 0.257 e. The van der Waals surface area contributed by atoms with Crippen molar-refractivity contribution >= 4 is 11.8 Å². The molecule has 0 saturated carbocycles. The quantitative estimate of drug-likeness (QED) is 0.736. The second-order valence-electron chi connectivity index (χ2n) is 9.28. The molecule has 2 amide bonds. The lowest BCUT2D eigenvalue weighted by atomic mass is 9.82. The predicted octanol–water partition coefficient (Wildman–Crippen LogP) is 3.21. The fourth-order valence-corrected chi connectivity index (χ4v) is 4.52. The van der Waals surface area contributed by atoms with Crippen molar-refractivity contribution in [3.8, 4) is 0 Å². The molecule has 32 heavy (non-hydrogen) atoms. The molecule has 2 aliphatic rings. The summed E-state index contributed by atoms with van der Waals surface area (Å²) in [6, 6.07) is 7.99. The molecule has 2 aromatic rings. The van der Waals surface area contributed by atoms with Gasteiger partial charge in [0.05, 0.1) is 35.9 Å². The number of ether oxygens (including phenoxy) is 1. The van der Waals surface area contributed by atoms with Crippen molar-refractivity contribution in [2.75, 3.05) is 32.8 Å². The molecule has 4 rings (SSSR count). The molecule has 1 aromatic heterocycles. The Kier molecular flexibility index (Phi) is 6.29. The lowest BCUT2D eigenvalue weighted by Crippen LogP contribution is -2.43. The van der Waals surface area contributed by atoms with Gasteiger partial charge in [-0.1, -0.05) is 29.8 Å². The molecule has 7 heteroatoms. The van der Waals surface area contributed by atoms with Crippen molar-refractivity contribution in [1.82, 2.24) is 19.8 Å². The summed E-state index contributed by atoms with van der Waals surface area (Å²) in [5.41, 5.74) is 2.71. The van der Waals surface area contributed by atoms with E-state index in [-0.39, 0.29) is 17.9 Å². The van der Waals surface area contributed by atoms with Crippen LogP contribution in [-0.2, 0) is 14.9 Å². The number of carbonyl (C=O) groups excluding carboxylic acids is 2. The van der Waals surface area contributed by atoms with E-state index in [1.54, 1.807) is 11.1 Å². The van der Waals surface area contributed by atoms with Crippen LogP contribution in [0.3, 0.4) is 0 Å². The highest BCUT2D eigenvalue weighted by Gasteiger charge is 2.40. The van der Waals surface area contributed by atoms with Crippen molar-refractivity contribution in [3.05, 3.63) is 58.7 Å². The van der Waals surface area contributed by atoms with E-state index < -0.39 is 5.41 Å². The van der Waals surface area contributed by atoms with Gasteiger partial charge >= 0.3 is 0 Å². The molecule has 1 atom stereocenters. The molecule has 170 valence electrons. The number of likely N-dealkylation sites (tertiary alicyclic amines) is 1. The Bertz CT molecular complexity index is 997. The molecule has 2 fully saturated rings. The zero-order valence-electron chi connectivity index (χ0n) is 19.4. The average Bonchev–Trinajstić information content (AvgIpc) is 3.28. The third-order valence-corrected chi connectivity index (χ3v) is 6.65. The van der Waals surface area contributed by atoms with E-state index in [0.29, 0.717) is 49.9 Å². The molecule has 3 heterocycles. The maximum atomic E-state index is 13.6. The summed E-state index contributed by atoms with van der Waals surface area (Å²) in [5, 5.41) is 0. The highest BCUT2D eigenvalue weighted by molar-refractivity contribution is 5.95. The Balaban J connectivity index is 1.55. The van der Waals surface area contributed by atoms with Gasteiger partial charge in [-0.2, -0.15) is 0 Å². The van der Waals surface area contributed by atoms with Gasteiger partial charge in [-0.15, -0.1) is 0 Å². The number of amides is 2. The first-order valence-electron chi connectivity index (χ1n) is 11.4. The number of rotatable bonds is 4. The number of morpholine rings is 1. The molecule has 0 N–H and O–H groups in total. The van der Waals surface area contributed by atoms with Gasteiger partial charge < -0.3 is 14.5 Å².